The van der Waals surface area contributed by atoms with Crippen LogP contribution in [-0.4, -0.2) is 18.9 Å². The summed E-state index contributed by atoms with van der Waals surface area (Å²) in [7, 11) is 1.56. The number of ketones is 1. The van der Waals surface area contributed by atoms with Gasteiger partial charge in [-0.3, -0.25) is 9.59 Å². The van der Waals surface area contributed by atoms with Crippen LogP contribution in [-0.2, 0) is 4.79 Å². The van der Waals surface area contributed by atoms with Crippen LogP contribution in [0.15, 0.2) is 48.2 Å². The predicted octanol–water partition coefficient (Wildman–Crippen LogP) is 3.63. The highest BCUT2D eigenvalue weighted by molar-refractivity contribution is 6.16. The number of hydrogen-bond acceptors (Lipinski definition) is 5. The first kappa shape index (κ1) is 15.8. The van der Waals surface area contributed by atoms with E-state index in [1.807, 2.05) is 6.92 Å². The van der Waals surface area contributed by atoms with Crippen molar-refractivity contribution < 1.29 is 23.8 Å². The Bertz CT molecular complexity index is 847. The van der Waals surface area contributed by atoms with Gasteiger partial charge < -0.3 is 14.2 Å². The van der Waals surface area contributed by atoms with Crippen molar-refractivity contribution in [3.05, 3.63) is 59.4 Å². The van der Waals surface area contributed by atoms with E-state index >= 15 is 0 Å². The topological polar surface area (TPSA) is 61.8 Å². The molecule has 0 radical (unpaired) electrons. The maximum Gasteiger partial charge on any atom is 0.308 e. The minimum atomic E-state index is -0.378. The molecule has 122 valence electrons. The maximum atomic E-state index is 12.5. The molecule has 0 saturated heterocycles. The number of rotatable bonds is 3. The molecule has 0 aliphatic carbocycles. The minimum absolute atomic E-state index is 0.158. The lowest BCUT2D eigenvalue weighted by atomic mass is 10.0. The predicted molar refractivity (Wildman–Crippen MR) is 88.3 cm³/mol. The Kier molecular flexibility index (Phi) is 4.08. The molecule has 24 heavy (non-hydrogen) atoms. The van der Waals surface area contributed by atoms with Crippen LogP contribution in [0, 0.1) is 0 Å². The molecule has 2 aromatic carbocycles. The van der Waals surface area contributed by atoms with Crippen LogP contribution in [0.25, 0.3) is 5.57 Å². The molecule has 0 spiro atoms. The summed E-state index contributed by atoms with van der Waals surface area (Å²) < 4.78 is 15.9. The zero-order valence-electron chi connectivity index (χ0n) is 13.6. The first-order valence-electron chi connectivity index (χ1n) is 7.40. The molecule has 5 heteroatoms. The quantitative estimate of drug-likeness (QED) is 0.490. The van der Waals surface area contributed by atoms with Crippen molar-refractivity contribution in [2.24, 2.45) is 0 Å². The molecule has 0 unspecified atom stereocenters. The van der Waals surface area contributed by atoms with Gasteiger partial charge in [0.2, 0.25) is 5.78 Å². The minimum Gasteiger partial charge on any atom is -0.497 e. The highest BCUT2D eigenvalue weighted by atomic mass is 16.5. The fourth-order valence-corrected chi connectivity index (χ4v) is 2.50. The Hall–Kier alpha value is -3.08. The molecule has 2 aromatic rings. The number of hydrogen-bond donors (Lipinski definition) is 0. The third-order valence-electron chi connectivity index (χ3n) is 3.74. The van der Waals surface area contributed by atoms with E-state index in [1.165, 1.54) is 6.92 Å². The second kappa shape index (κ2) is 6.20. The summed E-state index contributed by atoms with van der Waals surface area (Å²) in [5, 5.41) is 0. The Labute approximate surface area is 139 Å². The van der Waals surface area contributed by atoms with Gasteiger partial charge in [-0.25, -0.2) is 0 Å². The standard InChI is InChI=1S/C19H16O5/c1-11(13-4-6-14(7-5-13)23-12(2)20)19-18(21)16-9-8-15(22-3)10-17(16)24-19/h4-10H,1-3H3/b19-11+. The largest absolute Gasteiger partial charge is 0.497 e. The van der Waals surface area contributed by atoms with Gasteiger partial charge in [-0.15, -0.1) is 0 Å². The van der Waals surface area contributed by atoms with Crippen LogP contribution < -0.4 is 14.2 Å². The molecule has 3 rings (SSSR count). The highest BCUT2D eigenvalue weighted by Gasteiger charge is 2.29. The van der Waals surface area contributed by atoms with Crippen molar-refractivity contribution in [3.8, 4) is 17.2 Å². The number of carbonyl (C=O) groups excluding carboxylic acids is 2. The average Bonchev–Trinajstić information content (AvgIpc) is 2.90. The SMILES string of the molecule is COc1ccc2c(c1)O/C(=C(\C)c1ccc(OC(C)=O)cc1)C2=O. The summed E-state index contributed by atoms with van der Waals surface area (Å²) in [6.07, 6.45) is 0. The molecular weight excluding hydrogens is 308 g/mol. The van der Waals surface area contributed by atoms with E-state index in [0.29, 0.717) is 34.1 Å². The number of esters is 1. The lowest BCUT2D eigenvalue weighted by Crippen LogP contribution is -2.03. The van der Waals surface area contributed by atoms with Gasteiger partial charge in [-0.1, -0.05) is 12.1 Å². The lowest BCUT2D eigenvalue weighted by molar-refractivity contribution is -0.131. The van der Waals surface area contributed by atoms with E-state index in [4.69, 9.17) is 14.2 Å². The average molecular weight is 324 g/mol. The molecule has 0 bridgehead atoms. The van der Waals surface area contributed by atoms with E-state index in [2.05, 4.69) is 0 Å². The Morgan fingerprint density at radius 1 is 1.00 bits per heavy atom. The van der Waals surface area contributed by atoms with Gasteiger partial charge in [0.25, 0.3) is 0 Å². The summed E-state index contributed by atoms with van der Waals surface area (Å²) in [5.74, 6) is 1.33. The normalized spacial score (nSPS) is 14.7. The van der Waals surface area contributed by atoms with Crippen LogP contribution in [0.2, 0.25) is 0 Å². The molecular formula is C19H16O5. The number of allylic oxidation sites excluding steroid dienone is 2. The summed E-state index contributed by atoms with van der Waals surface area (Å²) in [5.41, 5.74) is 2.04. The van der Waals surface area contributed by atoms with Gasteiger partial charge in [0.15, 0.2) is 5.76 Å². The number of fused-ring (bicyclic) bond motifs is 1. The van der Waals surface area contributed by atoms with Gasteiger partial charge in [0, 0.05) is 18.6 Å². The van der Waals surface area contributed by atoms with Crippen LogP contribution in [0.4, 0.5) is 0 Å². The van der Waals surface area contributed by atoms with E-state index in [1.54, 1.807) is 49.6 Å². The van der Waals surface area contributed by atoms with E-state index in [9.17, 15) is 9.59 Å². The Morgan fingerprint density at radius 2 is 1.67 bits per heavy atom. The zero-order valence-corrected chi connectivity index (χ0v) is 13.6. The maximum absolute atomic E-state index is 12.5. The molecule has 0 saturated carbocycles. The Morgan fingerprint density at radius 3 is 2.29 bits per heavy atom. The first-order valence-corrected chi connectivity index (χ1v) is 7.40. The van der Waals surface area contributed by atoms with Gasteiger partial charge in [-0.2, -0.15) is 0 Å². The number of ether oxygens (including phenoxy) is 3. The van der Waals surface area contributed by atoms with Crippen molar-refractivity contribution in [2.75, 3.05) is 7.11 Å². The van der Waals surface area contributed by atoms with Gasteiger partial charge >= 0.3 is 5.97 Å². The molecule has 0 N–H and O–H groups in total. The van der Waals surface area contributed by atoms with Gasteiger partial charge in [0.05, 0.1) is 12.7 Å². The fourth-order valence-electron chi connectivity index (χ4n) is 2.50. The number of methoxy groups -OCH3 is 1. The van der Waals surface area contributed by atoms with E-state index in [-0.39, 0.29) is 11.8 Å². The van der Waals surface area contributed by atoms with Crippen LogP contribution in [0.3, 0.4) is 0 Å². The van der Waals surface area contributed by atoms with Crippen LogP contribution in [0.1, 0.15) is 29.8 Å². The summed E-state index contributed by atoms with van der Waals surface area (Å²) in [4.78, 5) is 23.5. The second-order valence-electron chi connectivity index (χ2n) is 5.37. The molecule has 5 nitrogen and oxygen atoms in total. The van der Waals surface area contributed by atoms with Crippen LogP contribution >= 0.6 is 0 Å². The first-order chi connectivity index (χ1) is 11.5. The van der Waals surface area contributed by atoms with E-state index < -0.39 is 0 Å². The summed E-state index contributed by atoms with van der Waals surface area (Å²) in [6.45, 7) is 3.16. The van der Waals surface area contributed by atoms with Crippen molar-refractivity contribution >= 4 is 17.3 Å². The summed E-state index contributed by atoms with van der Waals surface area (Å²) in [6, 6.07) is 12.0. The molecule has 0 fully saturated rings. The third-order valence-corrected chi connectivity index (χ3v) is 3.74. The lowest BCUT2D eigenvalue weighted by Gasteiger charge is -2.07. The number of Topliss-reactive ketones (excluding diaryl/α,β-unsaturated/α-hetero) is 1. The van der Waals surface area contributed by atoms with Crippen molar-refractivity contribution in [3.63, 3.8) is 0 Å². The van der Waals surface area contributed by atoms with E-state index in [0.717, 1.165) is 5.56 Å². The smallest absolute Gasteiger partial charge is 0.308 e. The number of benzene rings is 2. The zero-order chi connectivity index (χ0) is 17.3. The second-order valence-corrected chi connectivity index (χ2v) is 5.37. The van der Waals surface area contributed by atoms with Gasteiger partial charge in [-0.05, 0) is 36.8 Å². The molecule has 1 aliphatic rings. The number of carbonyl (C=O) groups is 2. The molecule has 0 atom stereocenters. The van der Waals surface area contributed by atoms with Crippen LogP contribution in [0.5, 0.6) is 17.2 Å². The molecule has 0 amide bonds. The Balaban J connectivity index is 1.92. The summed E-state index contributed by atoms with van der Waals surface area (Å²) >= 11 is 0. The third kappa shape index (κ3) is 2.88. The molecule has 1 aliphatic heterocycles. The monoisotopic (exact) mass is 324 g/mol. The van der Waals surface area contributed by atoms with Crippen molar-refractivity contribution in [1.29, 1.82) is 0 Å². The van der Waals surface area contributed by atoms with Crippen molar-refractivity contribution in [2.45, 2.75) is 13.8 Å². The van der Waals surface area contributed by atoms with Gasteiger partial charge in [0.1, 0.15) is 17.2 Å². The fraction of sp³-hybridized carbons (Fsp3) is 0.158. The highest BCUT2D eigenvalue weighted by Crippen LogP contribution is 2.37. The molecule has 1 heterocycles. The molecule has 0 aromatic heterocycles. The van der Waals surface area contributed by atoms with Crippen molar-refractivity contribution in [1.82, 2.24) is 0 Å².